The number of rotatable bonds is 3. The summed E-state index contributed by atoms with van der Waals surface area (Å²) in [7, 11) is 0. The van der Waals surface area contributed by atoms with E-state index in [1.54, 1.807) is 0 Å². The lowest BCUT2D eigenvalue weighted by Crippen LogP contribution is -2.46. The van der Waals surface area contributed by atoms with Crippen LogP contribution in [0.2, 0.25) is 0 Å². The third-order valence-electron chi connectivity index (χ3n) is 4.98. The smallest absolute Gasteiger partial charge is 0.00672 e. The highest BCUT2D eigenvalue weighted by Crippen LogP contribution is 2.31. The van der Waals surface area contributed by atoms with E-state index in [0.717, 1.165) is 30.3 Å². The lowest BCUT2D eigenvalue weighted by atomic mass is 9.81. The number of hydrogen-bond acceptors (Lipinski definition) is 2. The van der Waals surface area contributed by atoms with E-state index >= 15 is 0 Å². The van der Waals surface area contributed by atoms with Crippen molar-refractivity contribution in [1.82, 2.24) is 4.90 Å². The van der Waals surface area contributed by atoms with Gasteiger partial charge in [0, 0.05) is 19.1 Å². The molecule has 0 aromatic rings. The van der Waals surface area contributed by atoms with E-state index in [0.29, 0.717) is 0 Å². The second-order valence-corrected chi connectivity index (χ2v) is 6.62. The highest BCUT2D eigenvalue weighted by atomic mass is 15.2. The molecule has 4 atom stereocenters. The summed E-state index contributed by atoms with van der Waals surface area (Å²) in [6.07, 6.45) is 8.52. The molecule has 0 radical (unpaired) electrons. The summed E-state index contributed by atoms with van der Waals surface area (Å²) in [5.74, 6) is 2.67. The van der Waals surface area contributed by atoms with E-state index in [1.807, 2.05) is 0 Å². The van der Waals surface area contributed by atoms with Crippen LogP contribution in [0.15, 0.2) is 0 Å². The molecule has 1 heterocycles. The van der Waals surface area contributed by atoms with Gasteiger partial charge in [0.25, 0.3) is 0 Å². The molecule has 100 valence electrons. The van der Waals surface area contributed by atoms with Crippen LogP contribution in [0, 0.1) is 17.8 Å². The first-order valence-electron chi connectivity index (χ1n) is 7.63. The molecule has 2 rings (SSSR count). The molecule has 1 aliphatic carbocycles. The summed E-state index contributed by atoms with van der Waals surface area (Å²) in [5.41, 5.74) is 5.84. The molecule has 1 saturated heterocycles. The van der Waals surface area contributed by atoms with E-state index < -0.39 is 0 Å². The van der Waals surface area contributed by atoms with E-state index in [2.05, 4.69) is 18.7 Å². The standard InChI is InChI=1S/C15H30N2/c1-12-4-3-5-14(8-12)10-17-11-15(9-16)7-6-13(17)2/h12-15H,3-11,16H2,1-2H3. The van der Waals surface area contributed by atoms with Crippen LogP contribution < -0.4 is 5.73 Å². The molecule has 2 heteroatoms. The fourth-order valence-electron chi connectivity index (χ4n) is 3.77. The van der Waals surface area contributed by atoms with Crippen LogP contribution in [0.25, 0.3) is 0 Å². The molecular weight excluding hydrogens is 208 g/mol. The number of piperidine rings is 1. The van der Waals surface area contributed by atoms with Crippen molar-refractivity contribution in [3.05, 3.63) is 0 Å². The Morgan fingerprint density at radius 2 is 1.88 bits per heavy atom. The average molecular weight is 238 g/mol. The Balaban J connectivity index is 1.83. The van der Waals surface area contributed by atoms with Crippen molar-refractivity contribution < 1.29 is 0 Å². The molecule has 17 heavy (non-hydrogen) atoms. The Bertz CT molecular complexity index is 229. The third kappa shape index (κ3) is 3.69. The zero-order valence-electron chi connectivity index (χ0n) is 11.7. The van der Waals surface area contributed by atoms with Gasteiger partial charge in [-0.1, -0.05) is 19.8 Å². The summed E-state index contributed by atoms with van der Waals surface area (Å²) in [5, 5.41) is 0. The van der Waals surface area contributed by atoms with Crippen molar-refractivity contribution in [1.29, 1.82) is 0 Å². The Labute approximate surface area is 107 Å². The number of nitrogens with two attached hydrogens (primary N) is 1. The Hall–Kier alpha value is -0.0800. The summed E-state index contributed by atoms with van der Waals surface area (Å²) < 4.78 is 0. The molecule has 0 amide bonds. The summed E-state index contributed by atoms with van der Waals surface area (Å²) >= 11 is 0. The first-order chi connectivity index (χ1) is 8.19. The molecule has 2 N–H and O–H groups in total. The lowest BCUT2D eigenvalue weighted by Gasteiger charge is -2.41. The molecule has 2 aliphatic rings. The zero-order valence-corrected chi connectivity index (χ0v) is 11.7. The molecule has 4 unspecified atom stereocenters. The van der Waals surface area contributed by atoms with Crippen molar-refractivity contribution in [3.63, 3.8) is 0 Å². The van der Waals surface area contributed by atoms with Gasteiger partial charge in [0.15, 0.2) is 0 Å². The van der Waals surface area contributed by atoms with Crippen molar-refractivity contribution >= 4 is 0 Å². The second-order valence-electron chi connectivity index (χ2n) is 6.62. The Morgan fingerprint density at radius 3 is 2.59 bits per heavy atom. The van der Waals surface area contributed by atoms with E-state index in [1.165, 1.54) is 51.6 Å². The molecule has 1 aliphatic heterocycles. The van der Waals surface area contributed by atoms with Crippen molar-refractivity contribution in [2.24, 2.45) is 23.5 Å². The average Bonchev–Trinajstić information content (AvgIpc) is 2.32. The SMILES string of the molecule is CC1CCCC(CN2CC(CN)CCC2C)C1. The maximum Gasteiger partial charge on any atom is 0.00672 e. The van der Waals surface area contributed by atoms with Crippen LogP contribution in [0.1, 0.15) is 52.4 Å². The van der Waals surface area contributed by atoms with Gasteiger partial charge < -0.3 is 10.6 Å². The number of nitrogens with zero attached hydrogens (tertiary/aromatic N) is 1. The fraction of sp³-hybridized carbons (Fsp3) is 1.00. The first-order valence-corrected chi connectivity index (χ1v) is 7.63. The van der Waals surface area contributed by atoms with Crippen molar-refractivity contribution in [2.75, 3.05) is 19.6 Å². The monoisotopic (exact) mass is 238 g/mol. The van der Waals surface area contributed by atoms with Gasteiger partial charge in [0.05, 0.1) is 0 Å². The van der Waals surface area contributed by atoms with Crippen LogP contribution >= 0.6 is 0 Å². The van der Waals surface area contributed by atoms with Gasteiger partial charge in [0.2, 0.25) is 0 Å². The second kappa shape index (κ2) is 6.19. The molecule has 0 aromatic heterocycles. The predicted molar refractivity (Wildman–Crippen MR) is 73.9 cm³/mol. The normalized spacial score (nSPS) is 40.4. The van der Waals surface area contributed by atoms with Crippen molar-refractivity contribution in [3.8, 4) is 0 Å². The van der Waals surface area contributed by atoms with Gasteiger partial charge in [-0.15, -0.1) is 0 Å². The first kappa shape index (κ1) is 13.4. The minimum Gasteiger partial charge on any atom is -0.330 e. The topological polar surface area (TPSA) is 29.3 Å². The summed E-state index contributed by atoms with van der Waals surface area (Å²) in [6, 6.07) is 0.787. The maximum absolute atomic E-state index is 5.84. The van der Waals surface area contributed by atoms with E-state index in [4.69, 9.17) is 5.73 Å². The van der Waals surface area contributed by atoms with Crippen LogP contribution in [0.3, 0.4) is 0 Å². The van der Waals surface area contributed by atoms with Crippen LogP contribution in [0.4, 0.5) is 0 Å². The zero-order chi connectivity index (χ0) is 12.3. The van der Waals surface area contributed by atoms with Gasteiger partial charge in [-0.05, 0) is 56.9 Å². The molecular formula is C15H30N2. The highest BCUT2D eigenvalue weighted by molar-refractivity contribution is 4.82. The molecule has 2 nitrogen and oxygen atoms in total. The van der Waals surface area contributed by atoms with Gasteiger partial charge in [-0.3, -0.25) is 0 Å². The highest BCUT2D eigenvalue weighted by Gasteiger charge is 2.28. The van der Waals surface area contributed by atoms with Gasteiger partial charge in [-0.2, -0.15) is 0 Å². The van der Waals surface area contributed by atoms with Gasteiger partial charge >= 0.3 is 0 Å². The molecule has 0 spiro atoms. The number of hydrogen-bond donors (Lipinski definition) is 1. The van der Waals surface area contributed by atoms with Crippen LogP contribution in [0.5, 0.6) is 0 Å². The van der Waals surface area contributed by atoms with E-state index in [-0.39, 0.29) is 0 Å². The minimum atomic E-state index is 0.757. The molecule has 0 aromatic carbocycles. The third-order valence-corrected chi connectivity index (χ3v) is 4.98. The maximum atomic E-state index is 5.84. The van der Waals surface area contributed by atoms with Gasteiger partial charge in [-0.25, -0.2) is 0 Å². The lowest BCUT2D eigenvalue weighted by molar-refractivity contribution is 0.0862. The van der Waals surface area contributed by atoms with E-state index in [9.17, 15) is 0 Å². The fourth-order valence-corrected chi connectivity index (χ4v) is 3.77. The van der Waals surface area contributed by atoms with Crippen LogP contribution in [-0.4, -0.2) is 30.6 Å². The molecule has 1 saturated carbocycles. The number of likely N-dealkylation sites (tertiary alicyclic amines) is 1. The minimum absolute atomic E-state index is 0.757. The quantitative estimate of drug-likeness (QED) is 0.819. The van der Waals surface area contributed by atoms with Crippen LogP contribution in [-0.2, 0) is 0 Å². The molecule has 2 fully saturated rings. The summed E-state index contributed by atoms with van der Waals surface area (Å²) in [6.45, 7) is 8.29. The predicted octanol–water partition coefficient (Wildman–Crippen LogP) is 2.87. The largest absolute Gasteiger partial charge is 0.330 e. The molecule has 0 bridgehead atoms. The Kier molecular flexibility index (Phi) is 4.87. The Morgan fingerprint density at radius 1 is 1.06 bits per heavy atom. The van der Waals surface area contributed by atoms with Crippen molar-refractivity contribution in [2.45, 2.75) is 58.4 Å². The summed E-state index contributed by atoms with van der Waals surface area (Å²) in [4.78, 5) is 2.73. The van der Waals surface area contributed by atoms with Gasteiger partial charge in [0.1, 0.15) is 0 Å².